The van der Waals surface area contributed by atoms with Gasteiger partial charge in [-0.25, -0.2) is 9.97 Å². The molecule has 2 N–H and O–H groups in total. The summed E-state index contributed by atoms with van der Waals surface area (Å²) in [5.41, 5.74) is 9.45. The Bertz CT molecular complexity index is 543. The van der Waals surface area contributed by atoms with Crippen LogP contribution in [0.4, 0.5) is 0 Å². The van der Waals surface area contributed by atoms with Crippen LogP contribution in [0.2, 0.25) is 0 Å². The third kappa shape index (κ3) is 3.55. The zero-order valence-electron chi connectivity index (χ0n) is 11.7. The summed E-state index contributed by atoms with van der Waals surface area (Å²) < 4.78 is 0. The molecular formula is C14H19N3S2. The Morgan fingerprint density at radius 1 is 1.21 bits per heavy atom. The fraction of sp³-hybridized carbons (Fsp3) is 0.429. The molecule has 2 aromatic rings. The van der Waals surface area contributed by atoms with E-state index in [1.54, 1.807) is 23.1 Å². The summed E-state index contributed by atoms with van der Waals surface area (Å²) in [4.78, 5) is 10.3. The number of thioether (sulfide) groups is 1. The van der Waals surface area contributed by atoms with Crippen molar-refractivity contribution in [2.24, 2.45) is 5.73 Å². The van der Waals surface area contributed by atoms with Gasteiger partial charge < -0.3 is 5.73 Å². The van der Waals surface area contributed by atoms with Gasteiger partial charge in [0.05, 0.1) is 5.25 Å². The monoisotopic (exact) mass is 293 g/mol. The van der Waals surface area contributed by atoms with Crippen molar-refractivity contribution in [3.05, 3.63) is 39.3 Å². The minimum Gasteiger partial charge on any atom is -0.327 e. The third-order valence-electron chi connectivity index (χ3n) is 2.83. The van der Waals surface area contributed by atoms with Gasteiger partial charge in [0.15, 0.2) is 5.16 Å². The fourth-order valence-corrected chi connectivity index (χ4v) is 4.40. The first-order valence-corrected chi connectivity index (χ1v) is 8.02. The molecule has 3 nitrogen and oxygen atoms in total. The number of hydrogen-bond acceptors (Lipinski definition) is 5. The van der Waals surface area contributed by atoms with Gasteiger partial charge in [0, 0.05) is 22.3 Å². The van der Waals surface area contributed by atoms with Crippen molar-refractivity contribution in [1.82, 2.24) is 9.97 Å². The molecule has 2 aromatic heterocycles. The van der Waals surface area contributed by atoms with E-state index in [9.17, 15) is 0 Å². The molecule has 5 heteroatoms. The van der Waals surface area contributed by atoms with Crippen molar-refractivity contribution in [3.8, 4) is 0 Å². The van der Waals surface area contributed by atoms with Gasteiger partial charge >= 0.3 is 0 Å². The van der Waals surface area contributed by atoms with Crippen LogP contribution in [0.25, 0.3) is 0 Å². The number of nitrogens with two attached hydrogens (primary N) is 1. The first-order chi connectivity index (χ1) is 8.97. The van der Waals surface area contributed by atoms with Crippen LogP contribution in [0.5, 0.6) is 0 Å². The van der Waals surface area contributed by atoms with Crippen LogP contribution >= 0.6 is 23.1 Å². The normalized spacial score (nSPS) is 14.4. The Balaban J connectivity index is 2.29. The molecule has 2 unspecified atom stereocenters. The molecule has 2 heterocycles. The van der Waals surface area contributed by atoms with Crippen molar-refractivity contribution in [3.63, 3.8) is 0 Å². The highest BCUT2D eigenvalue weighted by molar-refractivity contribution is 7.99. The molecule has 0 amide bonds. The fourth-order valence-electron chi connectivity index (χ4n) is 1.94. The summed E-state index contributed by atoms with van der Waals surface area (Å²) in [5.74, 6) is 0. The molecule has 2 rings (SSSR count). The largest absolute Gasteiger partial charge is 0.327 e. The lowest BCUT2D eigenvalue weighted by molar-refractivity contribution is 0.722. The first-order valence-electron chi connectivity index (χ1n) is 6.26. The Morgan fingerprint density at radius 3 is 2.32 bits per heavy atom. The Morgan fingerprint density at radius 2 is 1.84 bits per heavy atom. The lowest BCUT2D eigenvalue weighted by Gasteiger charge is -2.19. The molecule has 0 aliphatic carbocycles. The highest BCUT2D eigenvalue weighted by atomic mass is 32.2. The van der Waals surface area contributed by atoms with Crippen molar-refractivity contribution >= 4 is 23.1 Å². The second-order valence-corrected chi connectivity index (χ2v) is 6.86. The van der Waals surface area contributed by atoms with E-state index >= 15 is 0 Å². The molecular weight excluding hydrogens is 274 g/mol. The maximum Gasteiger partial charge on any atom is 0.188 e. The molecule has 0 saturated heterocycles. The van der Waals surface area contributed by atoms with Crippen LogP contribution in [0.1, 0.15) is 34.0 Å². The van der Waals surface area contributed by atoms with Crippen LogP contribution in [-0.4, -0.2) is 16.0 Å². The second kappa shape index (κ2) is 6.03. The van der Waals surface area contributed by atoms with E-state index < -0.39 is 0 Å². The summed E-state index contributed by atoms with van der Waals surface area (Å²) in [7, 11) is 0. The Hall–Kier alpha value is -0.910. The van der Waals surface area contributed by atoms with Crippen LogP contribution < -0.4 is 5.73 Å². The molecule has 0 fully saturated rings. The number of thiophene rings is 1. The first kappa shape index (κ1) is 14.5. The van der Waals surface area contributed by atoms with Gasteiger partial charge in [-0.2, -0.15) is 0 Å². The number of hydrogen-bond donors (Lipinski definition) is 1. The molecule has 0 aromatic carbocycles. The number of aromatic nitrogens is 2. The molecule has 0 aliphatic rings. The van der Waals surface area contributed by atoms with Crippen LogP contribution in [-0.2, 0) is 0 Å². The average molecular weight is 293 g/mol. The molecule has 0 spiro atoms. The number of nitrogens with zero attached hydrogens (tertiary/aromatic N) is 2. The van der Waals surface area contributed by atoms with Crippen molar-refractivity contribution < 1.29 is 0 Å². The van der Waals surface area contributed by atoms with E-state index in [1.165, 1.54) is 10.4 Å². The smallest absolute Gasteiger partial charge is 0.188 e. The summed E-state index contributed by atoms with van der Waals surface area (Å²) in [5, 5.41) is 3.14. The standard InChI is InChI=1S/C14H19N3S2/c1-8-5-6-18-12(8)13(11(4)15)19-14-16-9(2)7-10(3)17-14/h5-7,11,13H,15H2,1-4H3. The molecule has 0 saturated carbocycles. The summed E-state index contributed by atoms with van der Waals surface area (Å²) in [6, 6.07) is 4.19. The molecule has 0 bridgehead atoms. The van der Waals surface area contributed by atoms with Gasteiger partial charge in [0.25, 0.3) is 0 Å². The van der Waals surface area contributed by atoms with Gasteiger partial charge in [-0.3, -0.25) is 0 Å². The third-order valence-corrected chi connectivity index (χ3v) is 5.40. The summed E-state index contributed by atoms with van der Waals surface area (Å²) in [6.07, 6.45) is 0. The maximum atomic E-state index is 6.15. The van der Waals surface area contributed by atoms with Crippen LogP contribution in [0, 0.1) is 20.8 Å². The van der Waals surface area contributed by atoms with E-state index in [1.807, 2.05) is 26.8 Å². The van der Waals surface area contributed by atoms with E-state index in [0.717, 1.165) is 16.5 Å². The minimum absolute atomic E-state index is 0.0618. The number of rotatable bonds is 4. The highest BCUT2D eigenvalue weighted by Gasteiger charge is 2.22. The lowest BCUT2D eigenvalue weighted by Crippen LogP contribution is -2.22. The molecule has 0 radical (unpaired) electrons. The van der Waals surface area contributed by atoms with E-state index in [0.29, 0.717) is 0 Å². The van der Waals surface area contributed by atoms with Crippen LogP contribution in [0.15, 0.2) is 22.7 Å². The molecule has 19 heavy (non-hydrogen) atoms. The van der Waals surface area contributed by atoms with Crippen molar-refractivity contribution in [2.45, 2.75) is 44.1 Å². The molecule has 2 atom stereocenters. The van der Waals surface area contributed by atoms with Gasteiger partial charge in [-0.1, -0.05) is 11.8 Å². The average Bonchev–Trinajstić information content (AvgIpc) is 2.70. The Labute approximate surface area is 122 Å². The quantitative estimate of drug-likeness (QED) is 0.690. The molecule has 102 valence electrons. The van der Waals surface area contributed by atoms with E-state index in [-0.39, 0.29) is 11.3 Å². The SMILES string of the molecule is Cc1cc(C)nc(SC(c2sccc2C)C(C)N)n1. The minimum atomic E-state index is 0.0618. The van der Waals surface area contributed by atoms with Crippen molar-refractivity contribution in [2.75, 3.05) is 0 Å². The van der Waals surface area contributed by atoms with Gasteiger partial charge in [-0.05, 0) is 50.8 Å². The highest BCUT2D eigenvalue weighted by Crippen LogP contribution is 2.39. The topological polar surface area (TPSA) is 51.8 Å². The zero-order chi connectivity index (χ0) is 14.0. The summed E-state index contributed by atoms with van der Waals surface area (Å²) in [6.45, 7) is 8.16. The van der Waals surface area contributed by atoms with Crippen molar-refractivity contribution in [1.29, 1.82) is 0 Å². The van der Waals surface area contributed by atoms with Gasteiger partial charge in [-0.15, -0.1) is 11.3 Å². The zero-order valence-corrected chi connectivity index (χ0v) is 13.3. The second-order valence-electron chi connectivity index (χ2n) is 4.80. The van der Waals surface area contributed by atoms with Crippen LogP contribution in [0.3, 0.4) is 0 Å². The summed E-state index contributed by atoms with van der Waals surface area (Å²) >= 11 is 3.42. The van der Waals surface area contributed by atoms with E-state index in [2.05, 4.69) is 28.3 Å². The van der Waals surface area contributed by atoms with E-state index in [4.69, 9.17) is 5.73 Å². The van der Waals surface area contributed by atoms with Gasteiger partial charge in [0.2, 0.25) is 0 Å². The lowest BCUT2D eigenvalue weighted by atomic mass is 10.1. The Kier molecular flexibility index (Phi) is 4.60. The predicted molar refractivity (Wildman–Crippen MR) is 82.8 cm³/mol. The predicted octanol–water partition coefficient (Wildman–Crippen LogP) is 3.64. The number of aryl methyl sites for hydroxylation is 3. The molecule has 0 aliphatic heterocycles. The van der Waals surface area contributed by atoms with Gasteiger partial charge in [0.1, 0.15) is 0 Å². The maximum absolute atomic E-state index is 6.15.